The van der Waals surface area contributed by atoms with E-state index in [1.165, 1.54) is 0 Å². The van der Waals surface area contributed by atoms with Crippen LogP contribution in [0.3, 0.4) is 0 Å². The largest absolute Gasteiger partial charge is 0.493 e. The SMILES string of the molecule is CCc1c[n+](NC(=O)c2ccccc2)c(-c2ccc(OC)c(OC)c2)c2ccccc12. The molecule has 0 fully saturated rings. The van der Waals surface area contributed by atoms with Crippen LogP contribution in [0.25, 0.3) is 22.0 Å². The lowest BCUT2D eigenvalue weighted by Gasteiger charge is -2.13. The summed E-state index contributed by atoms with van der Waals surface area (Å²) in [5, 5.41) is 2.20. The van der Waals surface area contributed by atoms with Gasteiger partial charge in [-0.3, -0.25) is 4.79 Å². The van der Waals surface area contributed by atoms with Crippen LogP contribution in [0.2, 0.25) is 0 Å². The number of aryl methyl sites for hydroxylation is 1. The van der Waals surface area contributed by atoms with Gasteiger partial charge in [-0.1, -0.05) is 48.0 Å². The minimum absolute atomic E-state index is 0.176. The molecule has 0 aliphatic rings. The third-order valence-corrected chi connectivity index (χ3v) is 5.35. The standard InChI is InChI=1S/C26H24N2O3/c1-4-18-17-28(27-26(29)19-10-6-5-7-11-19)25(22-13-9-8-12-21(18)22)20-14-15-23(30-2)24(16-20)31-3/h5-17H,4H2,1-3H3/p+1. The molecule has 1 heterocycles. The van der Waals surface area contributed by atoms with Crippen LogP contribution in [0.15, 0.2) is 79.0 Å². The van der Waals surface area contributed by atoms with Crippen molar-refractivity contribution < 1.29 is 18.9 Å². The molecule has 0 aliphatic carbocycles. The lowest BCUT2D eigenvalue weighted by Crippen LogP contribution is -2.50. The van der Waals surface area contributed by atoms with Gasteiger partial charge in [0.05, 0.1) is 25.2 Å². The fraction of sp³-hybridized carbons (Fsp3) is 0.154. The molecule has 0 spiro atoms. The van der Waals surface area contributed by atoms with Gasteiger partial charge in [0.2, 0.25) is 6.20 Å². The number of aromatic nitrogens is 1. The number of amides is 1. The van der Waals surface area contributed by atoms with Crippen LogP contribution in [0.1, 0.15) is 22.8 Å². The van der Waals surface area contributed by atoms with Crippen molar-refractivity contribution in [2.45, 2.75) is 13.3 Å². The molecule has 156 valence electrons. The van der Waals surface area contributed by atoms with E-state index in [1.807, 2.05) is 59.4 Å². The van der Waals surface area contributed by atoms with Gasteiger partial charge in [-0.2, -0.15) is 0 Å². The topological polar surface area (TPSA) is 51.4 Å². The third kappa shape index (κ3) is 3.94. The molecule has 0 aliphatic heterocycles. The Labute approximate surface area is 181 Å². The van der Waals surface area contributed by atoms with Crippen molar-refractivity contribution in [3.8, 4) is 22.8 Å². The number of methoxy groups -OCH3 is 2. The van der Waals surface area contributed by atoms with Crippen LogP contribution >= 0.6 is 0 Å². The average Bonchev–Trinajstić information content (AvgIpc) is 2.83. The van der Waals surface area contributed by atoms with E-state index in [0.717, 1.165) is 34.0 Å². The van der Waals surface area contributed by atoms with Crippen molar-refractivity contribution in [3.05, 3.63) is 90.1 Å². The Balaban J connectivity index is 1.94. The summed E-state index contributed by atoms with van der Waals surface area (Å²) in [6.07, 6.45) is 2.84. The van der Waals surface area contributed by atoms with Crippen LogP contribution in [-0.4, -0.2) is 20.1 Å². The number of pyridine rings is 1. The van der Waals surface area contributed by atoms with Crippen molar-refractivity contribution in [1.82, 2.24) is 0 Å². The molecule has 3 aromatic carbocycles. The predicted octanol–water partition coefficient (Wildman–Crippen LogP) is 4.76. The number of fused-ring (bicyclic) bond motifs is 1. The molecule has 31 heavy (non-hydrogen) atoms. The molecule has 1 N–H and O–H groups in total. The van der Waals surface area contributed by atoms with E-state index in [2.05, 4.69) is 24.5 Å². The van der Waals surface area contributed by atoms with Crippen molar-refractivity contribution in [3.63, 3.8) is 0 Å². The number of hydrogen-bond donors (Lipinski definition) is 1. The first kappa shape index (κ1) is 20.4. The molecular formula is C26H25N2O3+. The smallest absolute Gasteiger partial charge is 0.305 e. The zero-order valence-corrected chi connectivity index (χ0v) is 17.9. The fourth-order valence-corrected chi connectivity index (χ4v) is 3.80. The van der Waals surface area contributed by atoms with Crippen molar-refractivity contribution in [2.75, 3.05) is 19.6 Å². The zero-order valence-electron chi connectivity index (χ0n) is 17.9. The van der Waals surface area contributed by atoms with Crippen LogP contribution in [0.5, 0.6) is 11.5 Å². The molecule has 4 aromatic rings. The van der Waals surface area contributed by atoms with E-state index >= 15 is 0 Å². The van der Waals surface area contributed by atoms with Gasteiger partial charge in [0, 0.05) is 11.1 Å². The number of carbonyl (C=O) groups is 1. The number of ether oxygens (including phenoxy) is 2. The van der Waals surface area contributed by atoms with Gasteiger partial charge in [-0.05, 0) is 48.2 Å². The second kappa shape index (κ2) is 8.88. The van der Waals surface area contributed by atoms with E-state index < -0.39 is 0 Å². The van der Waals surface area contributed by atoms with E-state index in [1.54, 1.807) is 26.4 Å². The van der Waals surface area contributed by atoms with Crippen LogP contribution in [0.4, 0.5) is 0 Å². The molecule has 5 heteroatoms. The van der Waals surface area contributed by atoms with Crippen molar-refractivity contribution >= 4 is 16.7 Å². The van der Waals surface area contributed by atoms with Gasteiger partial charge in [0.25, 0.3) is 5.69 Å². The second-order valence-corrected chi connectivity index (χ2v) is 7.15. The summed E-state index contributed by atoms with van der Waals surface area (Å²) in [5.41, 5.74) is 6.59. The molecule has 5 nitrogen and oxygen atoms in total. The highest BCUT2D eigenvalue weighted by molar-refractivity contribution is 6.00. The summed E-state index contributed by atoms with van der Waals surface area (Å²) in [7, 11) is 3.23. The van der Waals surface area contributed by atoms with E-state index in [-0.39, 0.29) is 5.91 Å². The molecule has 0 saturated carbocycles. The molecular weight excluding hydrogens is 388 g/mol. The van der Waals surface area contributed by atoms with Crippen LogP contribution < -0.4 is 19.6 Å². The van der Waals surface area contributed by atoms with E-state index in [4.69, 9.17) is 9.47 Å². The van der Waals surface area contributed by atoms with Crippen molar-refractivity contribution in [2.24, 2.45) is 0 Å². The van der Waals surface area contributed by atoms with Crippen LogP contribution in [0, 0.1) is 0 Å². The molecule has 0 saturated heterocycles. The number of benzene rings is 3. The zero-order chi connectivity index (χ0) is 21.8. The quantitative estimate of drug-likeness (QED) is 0.464. The molecule has 4 rings (SSSR count). The molecule has 0 bridgehead atoms. The number of nitrogens with one attached hydrogen (secondary N) is 1. The number of carbonyl (C=O) groups excluding carboxylic acids is 1. The number of rotatable bonds is 6. The summed E-state index contributed by atoms with van der Waals surface area (Å²) in [6, 6.07) is 23.2. The Hall–Kier alpha value is -3.86. The third-order valence-electron chi connectivity index (χ3n) is 5.35. The Morgan fingerprint density at radius 1 is 0.871 bits per heavy atom. The molecule has 0 unspecified atom stereocenters. The summed E-state index contributed by atoms with van der Waals surface area (Å²) in [6.45, 7) is 2.11. The van der Waals surface area contributed by atoms with Gasteiger partial charge in [0.1, 0.15) is 0 Å². The summed E-state index contributed by atoms with van der Waals surface area (Å²) < 4.78 is 12.7. The highest BCUT2D eigenvalue weighted by Crippen LogP contribution is 2.34. The monoisotopic (exact) mass is 413 g/mol. The van der Waals surface area contributed by atoms with Gasteiger partial charge in [0.15, 0.2) is 11.5 Å². The minimum atomic E-state index is -0.176. The van der Waals surface area contributed by atoms with Gasteiger partial charge < -0.3 is 9.47 Å². The van der Waals surface area contributed by atoms with Crippen molar-refractivity contribution in [1.29, 1.82) is 0 Å². The summed E-state index contributed by atoms with van der Waals surface area (Å²) in [5.74, 6) is 1.11. The first-order chi connectivity index (χ1) is 15.2. The molecule has 0 radical (unpaired) electrons. The maximum absolute atomic E-state index is 13.0. The summed E-state index contributed by atoms with van der Waals surface area (Å²) in [4.78, 5) is 13.0. The normalized spacial score (nSPS) is 10.7. The average molecular weight is 413 g/mol. The molecule has 1 aromatic heterocycles. The maximum Gasteiger partial charge on any atom is 0.305 e. The number of hydrogen-bond acceptors (Lipinski definition) is 3. The highest BCUT2D eigenvalue weighted by atomic mass is 16.5. The Morgan fingerprint density at radius 3 is 2.23 bits per heavy atom. The van der Waals surface area contributed by atoms with Crippen LogP contribution in [-0.2, 0) is 6.42 Å². The fourth-order valence-electron chi connectivity index (χ4n) is 3.80. The van der Waals surface area contributed by atoms with E-state index in [9.17, 15) is 4.79 Å². The lowest BCUT2D eigenvalue weighted by molar-refractivity contribution is -0.629. The van der Waals surface area contributed by atoms with Gasteiger partial charge in [-0.25, -0.2) is 0 Å². The Bertz CT molecular complexity index is 1240. The minimum Gasteiger partial charge on any atom is -0.493 e. The Kier molecular flexibility index (Phi) is 5.85. The van der Waals surface area contributed by atoms with Gasteiger partial charge in [-0.15, -0.1) is 5.43 Å². The number of nitrogens with zero attached hydrogens (tertiary/aromatic N) is 1. The summed E-state index contributed by atoms with van der Waals surface area (Å²) >= 11 is 0. The first-order valence-electron chi connectivity index (χ1n) is 10.2. The highest BCUT2D eigenvalue weighted by Gasteiger charge is 2.24. The molecule has 1 amide bonds. The molecule has 0 atom stereocenters. The second-order valence-electron chi connectivity index (χ2n) is 7.15. The maximum atomic E-state index is 13.0. The lowest BCUT2D eigenvalue weighted by atomic mass is 9.99. The predicted molar refractivity (Wildman–Crippen MR) is 122 cm³/mol. The first-order valence-corrected chi connectivity index (χ1v) is 10.2. The Morgan fingerprint density at radius 2 is 1.55 bits per heavy atom. The van der Waals surface area contributed by atoms with Gasteiger partial charge >= 0.3 is 5.91 Å². The van der Waals surface area contributed by atoms with E-state index in [0.29, 0.717) is 17.1 Å².